The van der Waals surface area contributed by atoms with E-state index in [0.717, 1.165) is 19.4 Å². The maximum absolute atomic E-state index is 10.5. The third-order valence-electron chi connectivity index (χ3n) is 1.31. The van der Waals surface area contributed by atoms with Crippen LogP contribution in [0, 0.1) is 0 Å². The molecule has 0 radical (unpaired) electrons. The number of amides is 1. The van der Waals surface area contributed by atoms with E-state index in [9.17, 15) is 4.79 Å². The summed E-state index contributed by atoms with van der Waals surface area (Å²) in [4.78, 5) is 12.3. The lowest BCUT2D eigenvalue weighted by Gasteiger charge is -2.03. The number of rotatable bonds is 0. The molecule has 1 saturated heterocycles. The fourth-order valence-electron chi connectivity index (χ4n) is 0.783. The number of nitrogens with zero attached hydrogens (tertiary/aromatic N) is 1. The second-order valence-corrected chi connectivity index (χ2v) is 1.92. The van der Waals surface area contributed by atoms with Gasteiger partial charge in [-0.15, -0.1) is 0 Å². The highest BCUT2D eigenvalue weighted by atomic mass is 16.2. The number of hydrogen-bond acceptors (Lipinski definition) is 1. The third kappa shape index (κ3) is 0.734. The smallest absolute Gasteiger partial charge is 0.222 e. The van der Waals surface area contributed by atoms with Gasteiger partial charge in [0, 0.05) is 21.4 Å². The van der Waals surface area contributed by atoms with Crippen LogP contribution < -0.4 is 0 Å². The molecule has 0 atom stereocenters. The van der Waals surface area contributed by atoms with Gasteiger partial charge in [0.2, 0.25) is 5.91 Å². The molecule has 1 aliphatic heterocycles. The zero-order valence-electron chi connectivity index (χ0n) is 4.48. The topological polar surface area (TPSA) is 20.3 Å². The van der Waals surface area contributed by atoms with E-state index in [-0.39, 0.29) is 1.43 Å². The van der Waals surface area contributed by atoms with E-state index < -0.39 is 0 Å². The maximum atomic E-state index is 10.5. The largest absolute Gasteiger partial charge is 0.346 e. The molecule has 0 saturated carbocycles. The lowest BCUT2D eigenvalue weighted by molar-refractivity contribution is -0.126. The molecule has 42 valence electrons. The van der Waals surface area contributed by atoms with Gasteiger partial charge >= 0.3 is 0 Å². The highest BCUT2D eigenvalue weighted by Crippen LogP contribution is 2.04. The molecule has 1 amide bonds. The fourth-order valence-corrected chi connectivity index (χ4v) is 0.783. The van der Waals surface area contributed by atoms with Crippen molar-refractivity contribution in [1.82, 2.24) is 4.90 Å². The number of hydrogen-bond donors (Lipinski definition) is 0. The Kier molecular flexibility index (Phi) is 1.01. The van der Waals surface area contributed by atoms with E-state index >= 15 is 0 Å². The number of carbonyl (C=O) groups excluding carboxylic acids is 1. The second kappa shape index (κ2) is 1.52. The Morgan fingerprint density at radius 3 is 2.71 bits per heavy atom. The highest BCUT2D eigenvalue weighted by Gasteiger charge is 2.14. The van der Waals surface area contributed by atoms with E-state index in [4.69, 9.17) is 0 Å². The lowest BCUT2D eigenvalue weighted by Crippen LogP contribution is -2.17. The van der Waals surface area contributed by atoms with Crippen LogP contribution in [0.2, 0.25) is 0 Å². The van der Waals surface area contributed by atoms with Gasteiger partial charge in [0.25, 0.3) is 0 Å². The van der Waals surface area contributed by atoms with Gasteiger partial charge < -0.3 is 4.90 Å². The zero-order valence-corrected chi connectivity index (χ0v) is 4.48. The predicted octanol–water partition coefficient (Wildman–Crippen LogP) is 0.485. The van der Waals surface area contributed by atoms with Crippen LogP contribution in [0.4, 0.5) is 0 Å². The van der Waals surface area contributed by atoms with Gasteiger partial charge in [0.1, 0.15) is 0 Å². The van der Waals surface area contributed by atoms with Gasteiger partial charge in [-0.1, -0.05) is 0 Å². The molecule has 7 heavy (non-hydrogen) atoms. The fraction of sp³-hybridized carbons (Fsp3) is 0.800. The quantitative estimate of drug-likeness (QED) is 0.435. The maximum Gasteiger partial charge on any atom is 0.222 e. The molecular weight excluding hydrogens is 90.1 g/mol. The molecule has 0 aromatic carbocycles. The molecule has 1 aliphatic rings. The van der Waals surface area contributed by atoms with Crippen LogP contribution in [0.3, 0.4) is 0 Å². The third-order valence-corrected chi connectivity index (χ3v) is 1.31. The Balaban J connectivity index is 0.000000490. The number of carbonyl (C=O) groups is 1. The molecule has 2 nitrogen and oxygen atoms in total. The Morgan fingerprint density at radius 2 is 2.57 bits per heavy atom. The Labute approximate surface area is 44.6 Å². The van der Waals surface area contributed by atoms with Crippen LogP contribution in [-0.2, 0) is 4.79 Å². The van der Waals surface area contributed by atoms with Gasteiger partial charge in [-0.2, -0.15) is 0 Å². The molecule has 1 heterocycles. The summed E-state index contributed by atoms with van der Waals surface area (Å²) in [7, 11) is 1.84. The van der Waals surface area contributed by atoms with Crippen molar-refractivity contribution in [3.05, 3.63) is 0 Å². The molecule has 0 aliphatic carbocycles. The van der Waals surface area contributed by atoms with Crippen LogP contribution in [0.5, 0.6) is 0 Å². The van der Waals surface area contributed by atoms with Crippen molar-refractivity contribution in [2.24, 2.45) is 0 Å². The minimum atomic E-state index is 0. The van der Waals surface area contributed by atoms with E-state index in [1.165, 1.54) is 0 Å². The van der Waals surface area contributed by atoms with Crippen molar-refractivity contribution in [2.45, 2.75) is 12.8 Å². The van der Waals surface area contributed by atoms with E-state index in [2.05, 4.69) is 0 Å². The molecular formula is C5H11NO. The first kappa shape index (κ1) is 4.62. The summed E-state index contributed by atoms with van der Waals surface area (Å²) in [5.74, 6) is 0.292. The Hall–Kier alpha value is -0.530. The first-order chi connectivity index (χ1) is 3.30. The van der Waals surface area contributed by atoms with Crippen molar-refractivity contribution in [2.75, 3.05) is 13.6 Å². The summed E-state index contributed by atoms with van der Waals surface area (Å²) in [5.41, 5.74) is 0. The second-order valence-electron chi connectivity index (χ2n) is 1.92. The van der Waals surface area contributed by atoms with Gasteiger partial charge in [-0.25, -0.2) is 0 Å². The predicted molar refractivity (Wildman–Crippen MR) is 29.0 cm³/mol. The molecule has 0 aromatic heterocycles. The van der Waals surface area contributed by atoms with E-state index in [1.807, 2.05) is 7.05 Å². The van der Waals surface area contributed by atoms with Crippen molar-refractivity contribution in [3.63, 3.8) is 0 Å². The minimum absolute atomic E-state index is 0. The Morgan fingerprint density at radius 1 is 1.86 bits per heavy atom. The Bertz CT molecular complexity index is 94.4. The lowest BCUT2D eigenvalue weighted by atomic mass is 10.4. The van der Waals surface area contributed by atoms with Gasteiger partial charge in [0.15, 0.2) is 0 Å². The number of likely N-dealkylation sites (tertiary alicyclic amines) is 1. The van der Waals surface area contributed by atoms with Gasteiger partial charge in [-0.05, 0) is 6.42 Å². The normalized spacial score (nSPS) is 21.3. The SMILES string of the molecule is CN1CCCC1=O.[2HH]. The van der Waals surface area contributed by atoms with Gasteiger partial charge in [-0.3, -0.25) is 4.79 Å². The first-order valence-corrected chi connectivity index (χ1v) is 2.54. The van der Waals surface area contributed by atoms with Crippen LogP contribution in [0.25, 0.3) is 0 Å². The summed E-state index contributed by atoms with van der Waals surface area (Å²) in [6.07, 6.45) is 1.81. The average Bonchev–Trinajstić information content (AvgIpc) is 1.91. The van der Waals surface area contributed by atoms with Crippen LogP contribution in [-0.4, -0.2) is 24.4 Å². The van der Waals surface area contributed by atoms with E-state index in [1.54, 1.807) is 4.90 Å². The molecule has 0 spiro atoms. The first-order valence-electron chi connectivity index (χ1n) is 2.54. The zero-order chi connectivity index (χ0) is 5.28. The summed E-state index contributed by atoms with van der Waals surface area (Å²) in [6.45, 7) is 0.957. The van der Waals surface area contributed by atoms with Crippen LogP contribution in [0.15, 0.2) is 0 Å². The van der Waals surface area contributed by atoms with Crippen LogP contribution in [0.1, 0.15) is 14.3 Å². The average molecular weight is 102 g/mol. The molecule has 0 unspecified atom stereocenters. The van der Waals surface area contributed by atoms with Crippen LogP contribution >= 0.6 is 0 Å². The monoisotopic (exact) mass is 102 g/mol. The summed E-state index contributed by atoms with van der Waals surface area (Å²) >= 11 is 0. The van der Waals surface area contributed by atoms with Gasteiger partial charge in [0.05, 0.1) is 0 Å². The van der Waals surface area contributed by atoms with Crippen molar-refractivity contribution >= 4 is 5.91 Å². The molecule has 2 heteroatoms. The van der Waals surface area contributed by atoms with Crippen molar-refractivity contribution < 1.29 is 6.22 Å². The highest BCUT2D eigenvalue weighted by molar-refractivity contribution is 5.77. The molecule has 0 N–H and O–H groups in total. The van der Waals surface area contributed by atoms with Crippen molar-refractivity contribution in [1.29, 1.82) is 0 Å². The molecule has 0 bridgehead atoms. The standard InChI is InChI=1S/C5H9NO.H2/c1-6-4-2-3-5(6)7;/h2-4H2,1H3;1H/i;1+1. The summed E-state index contributed by atoms with van der Waals surface area (Å²) < 4.78 is 0. The summed E-state index contributed by atoms with van der Waals surface area (Å²) in [6, 6.07) is 0. The minimum Gasteiger partial charge on any atom is -0.346 e. The van der Waals surface area contributed by atoms with Crippen molar-refractivity contribution in [3.8, 4) is 0 Å². The molecule has 0 aromatic rings. The summed E-state index contributed by atoms with van der Waals surface area (Å²) in [5, 5.41) is 0. The van der Waals surface area contributed by atoms with E-state index in [0.29, 0.717) is 5.91 Å². The molecule has 1 fully saturated rings. The molecule has 1 rings (SSSR count).